The van der Waals surface area contributed by atoms with Crippen LogP contribution in [-0.2, 0) is 0 Å². The van der Waals surface area contributed by atoms with Crippen molar-refractivity contribution in [3.8, 4) is 5.88 Å². The third kappa shape index (κ3) is 1.54. The molecule has 0 radical (unpaired) electrons. The average Bonchev–Trinajstić information content (AvgIpc) is 2.58. The predicted molar refractivity (Wildman–Crippen MR) is 53.0 cm³/mol. The summed E-state index contributed by atoms with van der Waals surface area (Å²) in [5, 5.41) is 13.0. The molecule has 2 aromatic rings. The van der Waals surface area contributed by atoms with Crippen molar-refractivity contribution in [1.29, 1.82) is 0 Å². The molecule has 0 saturated carbocycles. The molecule has 0 aliphatic rings. The topological polar surface area (TPSA) is 85.5 Å². The van der Waals surface area contributed by atoms with Crippen LogP contribution < -0.4 is 4.74 Å². The van der Waals surface area contributed by atoms with Gasteiger partial charge >= 0.3 is 5.97 Å². The van der Waals surface area contributed by atoms with Gasteiger partial charge in [-0.05, 0) is 22.0 Å². The number of aromatic carboxylic acids is 1. The van der Waals surface area contributed by atoms with E-state index < -0.39 is 5.97 Å². The molecule has 0 amide bonds. The second-order valence-electron chi connectivity index (χ2n) is 2.68. The highest BCUT2D eigenvalue weighted by molar-refractivity contribution is 9.10. The maximum absolute atomic E-state index is 10.9. The Balaban J connectivity index is 2.77. The highest BCUT2D eigenvalue weighted by atomic mass is 79.9. The van der Waals surface area contributed by atoms with Crippen molar-refractivity contribution in [2.24, 2.45) is 0 Å². The van der Waals surface area contributed by atoms with Crippen LogP contribution in [0.1, 0.15) is 10.4 Å². The number of methoxy groups -OCH3 is 1. The van der Waals surface area contributed by atoms with Crippen LogP contribution in [0.15, 0.2) is 15.2 Å². The van der Waals surface area contributed by atoms with Crippen LogP contribution in [0.2, 0.25) is 0 Å². The number of aromatic nitrogens is 2. The third-order valence-corrected chi connectivity index (χ3v) is 2.38. The molecule has 7 heteroatoms. The predicted octanol–water partition coefficient (Wildman–Crippen LogP) is 1.69. The van der Waals surface area contributed by atoms with E-state index in [2.05, 4.69) is 26.1 Å². The zero-order valence-electron chi connectivity index (χ0n) is 7.52. The normalized spacial score (nSPS) is 10.5. The molecule has 2 heterocycles. The molecule has 2 aromatic heterocycles. The summed E-state index contributed by atoms with van der Waals surface area (Å²) in [6, 6.07) is 1.39. The van der Waals surface area contributed by atoms with Crippen LogP contribution in [0, 0.1) is 0 Å². The molecule has 0 atom stereocenters. The number of hydrogen-bond acceptors (Lipinski definition) is 5. The van der Waals surface area contributed by atoms with Gasteiger partial charge in [0.2, 0.25) is 5.88 Å². The molecule has 1 N–H and O–H groups in total. The molecule has 0 fully saturated rings. The van der Waals surface area contributed by atoms with Gasteiger partial charge in [-0.3, -0.25) is 0 Å². The summed E-state index contributed by atoms with van der Waals surface area (Å²) in [5.74, 6) is -1.12. The quantitative estimate of drug-likeness (QED) is 0.896. The number of pyridine rings is 1. The average molecular weight is 273 g/mol. The Bertz CT molecular complexity index is 537. The van der Waals surface area contributed by atoms with Crippen molar-refractivity contribution in [2.45, 2.75) is 0 Å². The molecule has 0 saturated heterocycles. The monoisotopic (exact) mass is 272 g/mol. The van der Waals surface area contributed by atoms with Gasteiger partial charge < -0.3 is 14.4 Å². The molecule has 0 aliphatic carbocycles. The first kappa shape index (κ1) is 9.91. The number of carboxylic acid groups (broad SMARTS) is 1. The van der Waals surface area contributed by atoms with E-state index in [4.69, 9.17) is 14.4 Å². The van der Waals surface area contributed by atoms with Crippen LogP contribution in [0.3, 0.4) is 0 Å². The summed E-state index contributed by atoms with van der Waals surface area (Å²) < 4.78 is 10.1. The van der Waals surface area contributed by atoms with Gasteiger partial charge in [-0.1, -0.05) is 5.16 Å². The molecule has 2 rings (SSSR count). The summed E-state index contributed by atoms with van der Waals surface area (Å²) in [7, 11) is 1.34. The van der Waals surface area contributed by atoms with E-state index in [1.165, 1.54) is 13.2 Å². The fourth-order valence-electron chi connectivity index (χ4n) is 1.14. The number of hydrogen-bond donors (Lipinski definition) is 1. The van der Waals surface area contributed by atoms with Crippen LogP contribution >= 0.6 is 15.9 Å². The lowest BCUT2D eigenvalue weighted by molar-refractivity contribution is 0.0692. The van der Waals surface area contributed by atoms with E-state index in [-0.39, 0.29) is 17.2 Å². The molecule has 0 unspecified atom stereocenters. The van der Waals surface area contributed by atoms with Gasteiger partial charge in [-0.2, -0.15) is 4.98 Å². The van der Waals surface area contributed by atoms with E-state index in [9.17, 15) is 4.79 Å². The molecule has 15 heavy (non-hydrogen) atoms. The van der Waals surface area contributed by atoms with Crippen LogP contribution in [-0.4, -0.2) is 28.3 Å². The Morgan fingerprint density at radius 3 is 3.00 bits per heavy atom. The van der Waals surface area contributed by atoms with Gasteiger partial charge in [-0.25, -0.2) is 4.79 Å². The summed E-state index contributed by atoms with van der Waals surface area (Å²) in [6.45, 7) is 0. The first-order valence-corrected chi connectivity index (χ1v) is 4.66. The number of nitrogens with zero attached hydrogens (tertiary/aromatic N) is 2. The van der Waals surface area contributed by atoms with Gasteiger partial charge in [0.15, 0.2) is 4.60 Å². The molecule has 78 valence electrons. The van der Waals surface area contributed by atoms with Gasteiger partial charge in [0.25, 0.3) is 5.71 Å². The fourth-order valence-corrected chi connectivity index (χ4v) is 1.50. The maximum Gasteiger partial charge on any atom is 0.341 e. The Labute approximate surface area is 92.0 Å². The molecule has 0 aromatic carbocycles. The van der Waals surface area contributed by atoms with Gasteiger partial charge in [0.1, 0.15) is 5.56 Å². The third-order valence-electron chi connectivity index (χ3n) is 1.81. The Hall–Kier alpha value is -1.63. The maximum atomic E-state index is 10.9. The highest BCUT2D eigenvalue weighted by Gasteiger charge is 2.17. The van der Waals surface area contributed by atoms with Crippen molar-refractivity contribution >= 4 is 33.0 Å². The van der Waals surface area contributed by atoms with Crippen LogP contribution in [0.25, 0.3) is 11.1 Å². The van der Waals surface area contributed by atoms with Gasteiger partial charge in [0.05, 0.1) is 12.5 Å². The number of halogens is 1. The number of fused-ring (bicyclic) bond motifs is 1. The van der Waals surface area contributed by atoms with Crippen molar-refractivity contribution < 1.29 is 19.2 Å². The van der Waals surface area contributed by atoms with E-state index in [1.807, 2.05) is 0 Å². The smallest absolute Gasteiger partial charge is 0.341 e. The van der Waals surface area contributed by atoms with Crippen molar-refractivity contribution in [3.63, 3.8) is 0 Å². The lowest BCUT2D eigenvalue weighted by atomic mass is 10.2. The Kier molecular flexibility index (Phi) is 2.31. The number of carbonyl (C=O) groups is 1. The second-order valence-corrected chi connectivity index (χ2v) is 3.43. The molecule has 0 aliphatic heterocycles. The number of rotatable bonds is 2. The van der Waals surface area contributed by atoms with E-state index in [0.29, 0.717) is 9.99 Å². The molecular formula is C8H5BrN2O4. The largest absolute Gasteiger partial charge is 0.480 e. The van der Waals surface area contributed by atoms with E-state index in [1.54, 1.807) is 0 Å². The molecule has 0 spiro atoms. The second kappa shape index (κ2) is 3.50. The minimum absolute atomic E-state index is 0.00125. The summed E-state index contributed by atoms with van der Waals surface area (Å²) in [5.41, 5.74) is 0.192. The number of carboxylic acids is 1. The lowest BCUT2D eigenvalue weighted by Gasteiger charge is -2.01. The lowest BCUT2D eigenvalue weighted by Crippen LogP contribution is -2.02. The van der Waals surface area contributed by atoms with Crippen LogP contribution in [0.4, 0.5) is 0 Å². The van der Waals surface area contributed by atoms with Gasteiger partial charge in [-0.15, -0.1) is 0 Å². The zero-order valence-corrected chi connectivity index (χ0v) is 9.11. The minimum atomic E-state index is -1.12. The Morgan fingerprint density at radius 2 is 2.40 bits per heavy atom. The van der Waals surface area contributed by atoms with Gasteiger partial charge in [0, 0.05) is 0 Å². The van der Waals surface area contributed by atoms with Crippen molar-refractivity contribution in [1.82, 2.24) is 10.1 Å². The highest BCUT2D eigenvalue weighted by Crippen LogP contribution is 2.27. The molecule has 0 bridgehead atoms. The standard InChI is InChI=1S/C8H5BrN2O4/c1-14-6-4(8(12)13)2-3-5(9)11-15-7(3)10-6/h2H,1H3,(H,12,13). The molecular weight excluding hydrogens is 268 g/mol. The summed E-state index contributed by atoms with van der Waals surface area (Å²) in [4.78, 5) is 14.7. The van der Waals surface area contributed by atoms with E-state index in [0.717, 1.165) is 0 Å². The van der Waals surface area contributed by atoms with Crippen LogP contribution in [0.5, 0.6) is 5.88 Å². The summed E-state index contributed by atoms with van der Waals surface area (Å²) >= 11 is 3.12. The SMILES string of the molecule is COc1nc2onc(Br)c2cc1C(=O)O. The first-order chi connectivity index (χ1) is 7.13. The first-order valence-electron chi connectivity index (χ1n) is 3.86. The minimum Gasteiger partial charge on any atom is -0.480 e. The number of ether oxygens (including phenoxy) is 1. The van der Waals surface area contributed by atoms with Crippen molar-refractivity contribution in [2.75, 3.05) is 7.11 Å². The molecule has 6 nitrogen and oxygen atoms in total. The zero-order chi connectivity index (χ0) is 11.0. The Morgan fingerprint density at radius 1 is 1.67 bits per heavy atom. The fraction of sp³-hybridized carbons (Fsp3) is 0.125. The van der Waals surface area contributed by atoms with Crippen molar-refractivity contribution in [3.05, 3.63) is 16.2 Å². The summed E-state index contributed by atoms with van der Waals surface area (Å²) in [6.07, 6.45) is 0. The van der Waals surface area contributed by atoms with E-state index >= 15 is 0 Å².